The maximum Gasteiger partial charge on any atom is 0.242 e. The summed E-state index contributed by atoms with van der Waals surface area (Å²) in [6, 6.07) is 12.0. The van der Waals surface area contributed by atoms with Crippen molar-refractivity contribution in [2.75, 3.05) is 20.2 Å². The molecule has 0 aliphatic carbocycles. The van der Waals surface area contributed by atoms with Crippen molar-refractivity contribution in [1.82, 2.24) is 14.4 Å². The average Bonchev–Trinajstić information content (AvgIpc) is 3.11. The minimum absolute atomic E-state index is 0.0440. The van der Waals surface area contributed by atoms with Crippen molar-refractivity contribution < 1.29 is 14.3 Å². The van der Waals surface area contributed by atoms with Crippen molar-refractivity contribution in [3.8, 4) is 5.75 Å². The monoisotopic (exact) mass is 427 g/mol. The Morgan fingerprint density at radius 3 is 2.42 bits per heavy atom. The molecule has 0 unspecified atom stereocenters. The Bertz CT molecular complexity index is 880. The quantitative estimate of drug-likeness (QED) is 0.603. The highest BCUT2D eigenvalue weighted by atomic mass is 16.5. The molecule has 0 fully saturated rings. The van der Waals surface area contributed by atoms with Gasteiger partial charge in [-0.2, -0.15) is 0 Å². The van der Waals surface area contributed by atoms with Crippen LogP contribution in [0.3, 0.4) is 0 Å². The van der Waals surface area contributed by atoms with E-state index < -0.39 is 0 Å². The largest absolute Gasteiger partial charge is 0.497 e. The van der Waals surface area contributed by atoms with Gasteiger partial charge in [0.1, 0.15) is 5.75 Å². The number of methoxy groups -OCH3 is 1. The van der Waals surface area contributed by atoms with Gasteiger partial charge in [0.2, 0.25) is 11.8 Å². The molecule has 0 aliphatic heterocycles. The van der Waals surface area contributed by atoms with Crippen LogP contribution in [0.5, 0.6) is 5.75 Å². The first-order chi connectivity index (χ1) is 14.5. The topological polar surface area (TPSA) is 54.8 Å². The predicted octanol–water partition coefficient (Wildman–Crippen LogP) is 4.18. The van der Waals surface area contributed by atoms with Gasteiger partial charge >= 0.3 is 0 Å². The molecule has 6 nitrogen and oxygen atoms in total. The number of rotatable bonds is 9. The summed E-state index contributed by atoms with van der Waals surface area (Å²) in [6.45, 7) is 13.6. The fourth-order valence-corrected chi connectivity index (χ4v) is 3.57. The molecule has 31 heavy (non-hydrogen) atoms. The molecule has 2 amide bonds. The second kappa shape index (κ2) is 10.5. The van der Waals surface area contributed by atoms with Crippen molar-refractivity contribution in [2.45, 2.75) is 60.2 Å². The van der Waals surface area contributed by atoms with E-state index in [9.17, 15) is 9.59 Å². The minimum atomic E-state index is -0.373. The number of hydrogen-bond acceptors (Lipinski definition) is 3. The molecule has 1 aromatic carbocycles. The van der Waals surface area contributed by atoms with E-state index in [2.05, 4.69) is 10.6 Å². The van der Waals surface area contributed by atoms with Crippen LogP contribution in [0, 0.1) is 5.92 Å². The Morgan fingerprint density at radius 2 is 1.84 bits per heavy atom. The van der Waals surface area contributed by atoms with Gasteiger partial charge in [-0.15, -0.1) is 0 Å². The summed E-state index contributed by atoms with van der Waals surface area (Å²) in [4.78, 5) is 28.8. The molecule has 1 aromatic heterocycles. The first kappa shape index (κ1) is 24.5. The lowest BCUT2D eigenvalue weighted by atomic mass is 10.0. The number of carbonyl (C=O) groups excluding carboxylic acids is 2. The van der Waals surface area contributed by atoms with Crippen LogP contribution in [-0.4, -0.2) is 51.9 Å². The molecule has 0 radical (unpaired) electrons. The third-order valence-electron chi connectivity index (χ3n) is 5.20. The highest BCUT2D eigenvalue weighted by molar-refractivity contribution is 5.84. The molecule has 2 aromatic rings. The van der Waals surface area contributed by atoms with E-state index in [0.29, 0.717) is 25.6 Å². The summed E-state index contributed by atoms with van der Waals surface area (Å²) < 4.78 is 7.48. The summed E-state index contributed by atoms with van der Waals surface area (Å²) in [5.74, 6) is 1.02. The van der Waals surface area contributed by atoms with Crippen LogP contribution in [0.2, 0.25) is 0 Å². The summed E-state index contributed by atoms with van der Waals surface area (Å²) in [7, 11) is 1.66. The molecular formula is C25H37N3O3. The van der Waals surface area contributed by atoms with E-state index in [0.717, 1.165) is 17.0 Å². The van der Waals surface area contributed by atoms with Crippen molar-refractivity contribution in [2.24, 2.45) is 5.92 Å². The highest BCUT2D eigenvalue weighted by Crippen LogP contribution is 2.20. The fraction of sp³-hybridized carbons (Fsp3) is 0.520. The smallest absolute Gasteiger partial charge is 0.242 e. The van der Waals surface area contributed by atoms with Crippen LogP contribution in [0.1, 0.15) is 52.8 Å². The van der Waals surface area contributed by atoms with Gasteiger partial charge in [-0.25, -0.2) is 0 Å². The van der Waals surface area contributed by atoms with Gasteiger partial charge in [-0.3, -0.25) is 9.59 Å². The van der Waals surface area contributed by atoms with Crippen molar-refractivity contribution in [3.05, 3.63) is 53.9 Å². The number of carbonyl (C=O) groups is 2. The molecule has 0 saturated heterocycles. The van der Waals surface area contributed by atoms with Crippen molar-refractivity contribution in [3.63, 3.8) is 0 Å². The number of ether oxygens (including phenoxy) is 1. The van der Waals surface area contributed by atoms with Crippen LogP contribution >= 0.6 is 0 Å². The van der Waals surface area contributed by atoms with E-state index in [1.54, 1.807) is 12.0 Å². The third-order valence-corrected chi connectivity index (χ3v) is 5.20. The summed E-state index contributed by atoms with van der Waals surface area (Å²) in [5.41, 5.74) is 1.80. The zero-order valence-corrected chi connectivity index (χ0v) is 20.0. The molecule has 0 aliphatic rings. The lowest BCUT2D eigenvalue weighted by Crippen LogP contribution is -2.50. The van der Waals surface area contributed by atoms with Gasteiger partial charge in [0.15, 0.2) is 0 Å². The molecule has 0 saturated carbocycles. The summed E-state index contributed by atoms with van der Waals surface area (Å²) >= 11 is 0. The second-order valence-corrected chi connectivity index (χ2v) is 9.42. The molecule has 1 heterocycles. The van der Waals surface area contributed by atoms with Crippen LogP contribution in [0.4, 0.5) is 0 Å². The SMILES string of the molecule is COc1cccc(Cn2cccc2CN(C(=O)CN(CC(C)C)C(C)=O)C(C)(C)C)c1. The van der Waals surface area contributed by atoms with Gasteiger partial charge < -0.3 is 19.1 Å². The van der Waals surface area contributed by atoms with Crippen LogP contribution in [0.25, 0.3) is 0 Å². The number of hydrogen-bond donors (Lipinski definition) is 0. The zero-order valence-electron chi connectivity index (χ0n) is 20.0. The standard InChI is InChI=1S/C25H37N3O3/c1-19(2)15-27(20(3)29)18-24(30)28(25(4,5)6)17-22-11-9-13-26(22)16-21-10-8-12-23(14-21)31-7/h8-14,19H,15-18H2,1-7H3. The second-order valence-electron chi connectivity index (χ2n) is 9.42. The fourth-order valence-electron chi connectivity index (χ4n) is 3.57. The van der Waals surface area contributed by atoms with Crippen LogP contribution in [-0.2, 0) is 22.7 Å². The van der Waals surface area contributed by atoms with Crippen molar-refractivity contribution in [1.29, 1.82) is 0 Å². The van der Waals surface area contributed by atoms with Gasteiger partial charge in [0, 0.05) is 37.4 Å². The number of benzene rings is 1. The number of amides is 2. The Labute approximate surface area is 186 Å². The first-order valence-corrected chi connectivity index (χ1v) is 10.8. The zero-order chi connectivity index (χ0) is 23.2. The maximum atomic E-state index is 13.3. The Balaban J connectivity index is 2.21. The van der Waals surface area contributed by atoms with Gasteiger partial charge in [-0.05, 0) is 56.5 Å². The molecule has 6 heteroatoms. The van der Waals surface area contributed by atoms with E-state index in [-0.39, 0.29) is 23.9 Å². The van der Waals surface area contributed by atoms with Gasteiger partial charge in [-0.1, -0.05) is 26.0 Å². The summed E-state index contributed by atoms with van der Waals surface area (Å²) in [5, 5.41) is 0. The van der Waals surface area contributed by atoms with E-state index >= 15 is 0 Å². The predicted molar refractivity (Wildman–Crippen MR) is 124 cm³/mol. The van der Waals surface area contributed by atoms with Gasteiger partial charge in [0.25, 0.3) is 0 Å². The third kappa shape index (κ3) is 7.16. The molecule has 0 N–H and O–H groups in total. The Morgan fingerprint density at radius 1 is 1.13 bits per heavy atom. The van der Waals surface area contributed by atoms with E-state index in [4.69, 9.17) is 4.74 Å². The molecule has 0 spiro atoms. The summed E-state index contributed by atoms with van der Waals surface area (Å²) in [6.07, 6.45) is 2.03. The highest BCUT2D eigenvalue weighted by Gasteiger charge is 2.29. The average molecular weight is 428 g/mol. The van der Waals surface area contributed by atoms with Gasteiger partial charge in [0.05, 0.1) is 20.2 Å². The van der Waals surface area contributed by atoms with E-state index in [1.165, 1.54) is 6.92 Å². The van der Waals surface area contributed by atoms with Crippen LogP contribution < -0.4 is 4.74 Å². The minimum Gasteiger partial charge on any atom is -0.497 e. The number of nitrogens with zero attached hydrogens (tertiary/aromatic N) is 3. The first-order valence-electron chi connectivity index (χ1n) is 10.8. The number of aromatic nitrogens is 1. The Kier molecular flexibility index (Phi) is 8.31. The van der Waals surface area contributed by atoms with E-state index in [1.807, 2.05) is 76.0 Å². The van der Waals surface area contributed by atoms with Crippen LogP contribution in [0.15, 0.2) is 42.6 Å². The lowest BCUT2D eigenvalue weighted by molar-refractivity contribution is -0.143. The normalized spacial score (nSPS) is 11.5. The maximum absolute atomic E-state index is 13.3. The molecular weight excluding hydrogens is 390 g/mol. The molecule has 0 bridgehead atoms. The van der Waals surface area contributed by atoms with Crippen molar-refractivity contribution >= 4 is 11.8 Å². The molecule has 170 valence electrons. The lowest BCUT2D eigenvalue weighted by Gasteiger charge is -2.37. The molecule has 0 atom stereocenters. The Hall–Kier alpha value is -2.76. The molecule has 2 rings (SSSR count).